The molecule has 0 amide bonds. The molecule has 0 saturated carbocycles. The predicted molar refractivity (Wildman–Crippen MR) is 95.0 cm³/mol. The van der Waals surface area contributed by atoms with E-state index in [1.165, 1.54) is 5.56 Å². The number of nitrogens with zero attached hydrogens (tertiary/aromatic N) is 1. The summed E-state index contributed by atoms with van der Waals surface area (Å²) in [5.74, 6) is 0. The molecule has 0 aliphatic rings. The maximum Gasteiger partial charge on any atom is 0.0511 e. The van der Waals surface area contributed by atoms with Crippen molar-refractivity contribution in [3.05, 3.63) is 63.1 Å². The van der Waals surface area contributed by atoms with Gasteiger partial charge in [-0.2, -0.15) is 0 Å². The number of nitrogens with two attached hydrogens (primary N) is 1. The van der Waals surface area contributed by atoms with Crippen LogP contribution in [0, 0.1) is 0 Å². The Balaban J connectivity index is 2.27. The van der Waals surface area contributed by atoms with Gasteiger partial charge in [0.1, 0.15) is 0 Å². The molecule has 0 fully saturated rings. The third-order valence-corrected chi connectivity index (χ3v) is 4.72. The maximum absolute atomic E-state index is 6.08. The number of rotatable bonds is 4. The fourth-order valence-electron chi connectivity index (χ4n) is 2.32. The van der Waals surface area contributed by atoms with Crippen molar-refractivity contribution in [1.82, 2.24) is 0 Å². The molecular weight excluding hydrogens is 348 g/mol. The molecule has 0 heterocycles. The van der Waals surface area contributed by atoms with Crippen LogP contribution < -0.4 is 10.6 Å². The van der Waals surface area contributed by atoms with Crippen LogP contribution in [0.25, 0.3) is 0 Å². The topological polar surface area (TPSA) is 29.3 Å². The summed E-state index contributed by atoms with van der Waals surface area (Å²) in [6.07, 6.45) is 0. The van der Waals surface area contributed by atoms with Gasteiger partial charge >= 0.3 is 0 Å². The Bertz CT molecular complexity index is 628. The summed E-state index contributed by atoms with van der Waals surface area (Å²) >= 11 is 9.69. The highest BCUT2D eigenvalue weighted by Crippen LogP contribution is 2.31. The molecule has 2 rings (SSSR count). The quantitative estimate of drug-likeness (QED) is 0.792. The van der Waals surface area contributed by atoms with Crippen molar-refractivity contribution in [3.8, 4) is 0 Å². The van der Waals surface area contributed by atoms with E-state index < -0.39 is 0 Å². The van der Waals surface area contributed by atoms with E-state index in [0.29, 0.717) is 0 Å². The first-order chi connectivity index (χ1) is 9.90. The van der Waals surface area contributed by atoms with Gasteiger partial charge in [0.15, 0.2) is 0 Å². The summed E-state index contributed by atoms with van der Waals surface area (Å²) in [7, 11) is 2.08. The van der Waals surface area contributed by atoms with Gasteiger partial charge in [0.25, 0.3) is 0 Å². The second kappa shape index (κ2) is 6.82. The first-order valence-corrected chi connectivity index (χ1v) is 8.10. The van der Waals surface area contributed by atoms with E-state index in [4.69, 9.17) is 17.3 Å². The van der Waals surface area contributed by atoms with Crippen LogP contribution in [0.5, 0.6) is 0 Å². The zero-order valence-corrected chi connectivity index (χ0v) is 14.8. The lowest BCUT2D eigenvalue weighted by Gasteiger charge is -2.28. The van der Waals surface area contributed by atoms with Crippen molar-refractivity contribution in [2.45, 2.75) is 25.9 Å². The third-order valence-electron chi connectivity index (χ3n) is 3.79. The van der Waals surface area contributed by atoms with E-state index in [0.717, 1.165) is 20.7 Å². The number of halogens is 2. The van der Waals surface area contributed by atoms with Gasteiger partial charge in [0, 0.05) is 28.3 Å². The van der Waals surface area contributed by atoms with Crippen molar-refractivity contribution in [1.29, 1.82) is 0 Å². The molecule has 0 spiro atoms. The van der Waals surface area contributed by atoms with Gasteiger partial charge in [-0.25, -0.2) is 0 Å². The minimum Gasteiger partial charge on any atom is -0.368 e. The Morgan fingerprint density at radius 1 is 1.14 bits per heavy atom. The zero-order valence-electron chi connectivity index (χ0n) is 12.5. The molecule has 2 unspecified atom stereocenters. The molecule has 2 aromatic rings. The molecule has 112 valence electrons. The lowest BCUT2D eigenvalue weighted by Crippen LogP contribution is -2.21. The van der Waals surface area contributed by atoms with Crippen LogP contribution in [-0.4, -0.2) is 7.05 Å². The van der Waals surface area contributed by atoms with Gasteiger partial charge < -0.3 is 10.6 Å². The van der Waals surface area contributed by atoms with Crippen molar-refractivity contribution < 1.29 is 0 Å². The van der Waals surface area contributed by atoms with E-state index in [1.807, 2.05) is 25.1 Å². The van der Waals surface area contributed by atoms with E-state index in [1.54, 1.807) is 0 Å². The summed E-state index contributed by atoms with van der Waals surface area (Å²) < 4.78 is 1.04. The predicted octanol–water partition coefficient (Wildman–Crippen LogP) is 5.32. The second-order valence-electron chi connectivity index (χ2n) is 5.34. The molecular formula is C17H20BrClN2. The van der Waals surface area contributed by atoms with Gasteiger partial charge in [-0.15, -0.1) is 0 Å². The van der Waals surface area contributed by atoms with Gasteiger partial charge in [-0.1, -0.05) is 45.7 Å². The van der Waals surface area contributed by atoms with Crippen LogP contribution in [0.2, 0.25) is 5.02 Å². The lowest BCUT2D eigenvalue weighted by atomic mass is 10.1. The van der Waals surface area contributed by atoms with E-state index in [-0.39, 0.29) is 12.1 Å². The van der Waals surface area contributed by atoms with Gasteiger partial charge in [0.05, 0.1) is 6.04 Å². The summed E-state index contributed by atoms with van der Waals surface area (Å²) in [5, 5.41) is 0.765. The molecule has 2 nitrogen and oxygen atoms in total. The smallest absolute Gasteiger partial charge is 0.0511 e. The number of benzene rings is 2. The molecule has 21 heavy (non-hydrogen) atoms. The van der Waals surface area contributed by atoms with Crippen molar-refractivity contribution in [2.24, 2.45) is 5.73 Å². The Hall–Kier alpha value is -1.03. The molecule has 4 heteroatoms. The van der Waals surface area contributed by atoms with Crippen LogP contribution in [0.4, 0.5) is 5.69 Å². The van der Waals surface area contributed by atoms with E-state index in [9.17, 15) is 0 Å². The molecule has 0 aromatic heterocycles. The zero-order chi connectivity index (χ0) is 15.6. The van der Waals surface area contributed by atoms with E-state index >= 15 is 0 Å². The Morgan fingerprint density at radius 3 is 2.43 bits per heavy atom. The first-order valence-electron chi connectivity index (χ1n) is 6.93. The third kappa shape index (κ3) is 3.79. The highest BCUT2D eigenvalue weighted by atomic mass is 79.9. The molecule has 2 atom stereocenters. The molecule has 0 aliphatic carbocycles. The Labute approximate surface area is 140 Å². The molecule has 0 saturated heterocycles. The second-order valence-corrected chi connectivity index (χ2v) is 6.63. The van der Waals surface area contributed by atoms with Gasteiger partial charge in [-0.3, -0.25) is 0 Å². The van der Waals surface area contributed by atoms with Crippen molar-refractivity contribution in [3.63, 3.8) is 0 Å². The summed E-state index contributed by atoms with van der Waals surface area (Å²) in [5.41, 5.74) is 9.39. The average Bonchev–Trinajstić information content (AvgIpc) is 2.45. The van der Waals surface area contributed by atoms with Crippen LogP contribution in [-0.2, 0) is 0 Å². The van der Waals surface area contributed by atoms with Gasteiger partial charge in [0.2, 0.25) is 0 Å². The maximum atomic E-state index is 6.08. The standard InChI is InChI=1S/C17H20BrClN2/c1-11(20)16-8-7-15(10-17(16)18)21(3)12(2)13-5-4-6-14(19)9-13/h4-12H,20H2,1-3H3. The van der Waals surface area contributed by atoms with Crippen molar-refractivity contribution >= 4 is 33.2 Å². The first kappa shape index (κ1) is 16.3. The number of anilines is 1. The number of hydrogen-bond acceptors (Lipinski definition) is 2. The fourth-order valence-corrected chi connectivity index (χ4v) is 3.24. The highest BCUT2D eigenvalue weighted by Gasteiger charge is 2.14. The average molecular weight is 368 g/mol. The molecule has 0 aliphatic heterocycles. The summed E-state index contributed by atoms with van der Waals surface area (Å²) in [6.45, 7) is 4.15. The van der Waals surface area contributed by atoms with Crippen LogP contribution >= 0.6 is 27.5 Å². The largest absolute Gasteiger partial charge is 0.368 e. The minimum atomic E-state index is 0.0177. The Kier molecular flexibility index (Phi) is 5.31. The van der Waals surface area contributed by atoms with E-state index in [2.05, 4.69) is 59.1 Å². The lowest BCUT2D eigenvalue weighted by molar-refractivity contribution is 0.738. The molecule has 2 aromatic carbocycles. The minimum absolute atomic E-state index is 0.0177. The fraction of sp³-hybridized carbons (Fsp3) is 0.294. The monoisotopic (exact) mass is 366 g/mol. The molecule has 2 N–H and O–H groups in total. The number of hydrogen-bond donors (Lipinski definition) is 1. The highest BCUT2D eigenvalue weighted by molar-refractivity contribution is 9.10. The van der Waals surface area contributed by atoms with Crippen LogP contribution in [0.3, 0.4) is 0 Å². The van der Waals surface area contributed by atoms with Crippen LogP contribution in [0.15, 0.2) is 46.9 Å². The van der Waals surface area contributed by atoms with Gasteiger partial charge in [-0.05, 0) is 49.2 Å². The van der Waals surface area contributed by atoms with Crippen LogP contribution in [0.1, 0.15) is 37.1 Å². The Morgan fingerprint density at radius 2 is 1.86 bits per heavy atom. The molecule has 0 radical (unpaired) electrons. The normalized spacial score (nSPS) is 13.8. The summed E-state index contributed by atoms with van der Waals surface area (Å²) in [6, 6.07) is 14.5. The van der Waals surface area contributed by atoms with Crippen molar-refractivity contribution in [2.75, 3.05) is 11.9 Å². The summed E-state index contributed by atoms with van der Waals surface area (Å²) in [4.78, 5) is 2.22. The molecule has 0 bridgehead atoms. The SMILES string of the molecule is CC(N)c1ccc(N(C)C(C)c2cccc(Cl)c2)cc1Br.